The summed E-state index contributed by atoms with van der Waals surface area (Å²) in [7, 11) is 4.06. The molecule has 0 saturated heterocycles. The van der Waals surface area contributed by atoms with Gasteiger partial charge in [-0.25, -0.2) is 0 Å². The predicted molar refractivity (Wildman–Crippen MR) is 63.7 cm³/mol. The molecule has 2 heteroatoms. The van der Waals surface area contributed by atoms with Crippen molar-refractivity contribution in [1.29, 1.82) is 0 Å². The maximum Gasteiger partial charge on any atom is 0.123 e. The zero-order valence-corrected chi connectivity index (χ0v) is 9.07. The lowest BCUT2D eigenvalue weighted by atomic mass is 10.0. The Morgan fingerprint density at radius 3 is 2.80 bits per heavy atom. The highest BCUT2D eigenvalue weighted by Crippen LogP contribution is 2.35. The lowest BCUT2D eigenvalue weighted by molar-refractivity contribution is 0.456. The Morgan fingerprint density at radius 1 is 1.27 bits per heavy atom. The first-order chi connectivity index (χ1) is 7.18. The third-order valence-corrected chi connectivity index (χ3v) is 2.48. The number of benzene rings is 1. The zero-order valence-electron chi connectivity index (χ0n) is 9.07. The molecule has 78 valence electrons. The fourth-order valence-corrected chi connectivity index (χ4v) is 1.72. The second kappa shape index (κ2) is 3.91. The van der Waals surface area contributed by atoms with Gasteiger partial charge in [0.05, 0.1) is 0 Å². The summed E-state index contributed by atoms with van der Waals surface area (Å²) in [6.07, 6.45) is 6.21. The summed E-state index contributed by atoms with van der Waals surface area (Å²) < 4.78 is 0. The van der Waals surface area contributed by atoms with Crippen LogP contribution in [0.15, 0.2) is 30.4 Å². The van der Waals surface area contributed by atoms with E-state index in [9.17, 15) is 5.11 Å². The maximum absolute atomic E-state index is 9.77. The minimum absolute atomic E-state index is 0.363. The molecule has 0 spiro atoms. The Kier molecular flexibility index (Phi) is 2.60. The van der Waals surface area contributed by atoms with Gasteiger partial charge in [-0.3, -0.25) is 0 Å². The second-order valence-corrected chi connectivity index (χ2v) is 4.00. The van der Waals surface area contributed by atoms with Gasteiger partial charge in [-0.2, -0.15) is 0 Å². The van der Waals surface area contributed by atoms with Gasteiger partial charge in [-0.15, -0.1) is 0 Å². The Bertz CT molecular complexity index is 430. The molecule has 0 heterocycles. The van der Waals surface area contributed by atoms with E-state index in [1.165, 1.54) is 0 Å². The van der Waals surface area contributed by atoms with E-state index in [0.717, 1.165) is 23.2 Å². The molecule has 0 atom stereocenters. The number of nitrogens with zero attached hydrogens (tertiary/aromatic N) is 1. The number of aromatic hydroxyl groups is 1. The van der Waals surface area contributed by atoms with Crippen LogP contribution in [-0.4, -0.2) is 30.6 Å². The molecule has 2 nitrogen and oxygen atoms in total. The number of phenolic OH excluding ortho intramolecular Hbond substituents is 1. The van der Waals surface area contributed by atoms with Crippen molar-refractivity contribution < 1.29 is 5.11 Å². The molecule has 0 fully saturated rings. The van der Waals surface area contributed by atoms with E-state index in [1.54, 1.807) is 6.07 Å². The van der Waals surface area contributed by atoms with E-state index in [0.29, 0.717) is 5.75 Å². The Balaban J connectivity index is 2.35. The fraction of sp³-hybridized carbons (Fsp3) is 0.231. The average Bonchev–Trinajstić information content (AvgIpc) is 2.59. The van der Waals surface area contributed by atoms with Crippen molar-refractivity contribution in [2.75, 3.05) is 20.6 Å². The van der Waals surface area contributed by atoms with Crippen LogP contribution in [0.4, 0.5) is 0 Å². The number of phenols is 1. The molecule has 1 aromatic carbocycles. The lowest BCUT2D eigenvalue weighted by Crippen LogP contribution is -2.10. The molecular formula is C13H15NO. The summed E-state index contributed by atoms with van der Waals surface area (Å²) in [4.78, 5) is 2.10. The smallest absolute Gasteiger partial charge is 0.123 e. The standard InChI is InChI=1S/C13H15NO/c1-14(2)9-8-11-7-6-10-4-3-5-12(15)13(10)11/h3-8,15H,9H2,1-2H3/b11-8+. The van der Waals surface area contributed by atoms with Gasteiger partial charge in [-0.05, 0) is 31.3 Å². The normalized spacial score (nSPS) is 16.3. The first-order valence-corrected chi connectivity index (χ1v) is 5.04. The lowest BCUT2D eigenvalue weighted by Gasteiger charge is -2.07. The van der Waals surface area contributed by atoms with Gasteiger partial charge >= 0.3 is 0 Å². The second-order valence-electron chi connectivity index (χ2n) is 4.00. The van der Waals surface area contributed by atoms with Crippen molar-refractivity contribution >= 4 is 11.6 Å². The fourth-order valence-electron chi connectivity index (χ4n) is 1.72. The average molecular weight is 201 g/mol. The van der Waals surface area contributed by atoms with Crippen LogP contribution >= 0.6 is 0 Å². The minimum atomic E-state index is 0.363. The van der Waals surface area contributed by atoms with Crippen LogP contribution in [0.2, 0.25) is 0 Å². The number of hydrogen-bond acceptors (Lipinski definition) is 2. The van der Waals surface area contributed by atoms with Gasteiger partial charge < -0.3 is 10.0 Å². The van der Waals surface area contributed by atoms with Crippen LogP contribution in [0.1, 0.15) is 11.1 Å². The minimum Gasteiger partial charge on any atom is -0.507 e. The largest absolute Gasteiger partial charge is 0.507 e. The summed E-state index contributed by atoms with van der Waals surface area (Å²) in [6, 6.07) is 5.62. The molecule has 1 aliphatic rings. The molecule has 0 bridgehead atoms. The highest BCUT2D eigenvalue weighted by molar-refractivity contribution is 5.92. The monoisotopic (exact) mass is 201 g/mol. The topological polar surface area (TPSA) is 23.5 Å². The van der Waals surface area contributed by atoms with Gasteiger partial charge in [0.2, 0.25) is 0 Å². The van der Waals surface area contributed by atoms with Crippen LogP contribution in [0.3, 0.4) is 0 Å². The highest BCUT2D eigenvalue weighted by Gasteiger charge is 2.13. The molecule has 0 aromatic heterocycles. The SMILES string of the molecule is CN(C)C/C=C1\C=Cc2cccc(O)c21. The van der Waals surface area contributed by atoms with Gasteiger partial charge in [0.1, 0.15) is 5.75 Å². The number of likely N-dealkylation sites (N-methyl/N-ethyl adjacent to an activating group) is 1. The summed E-state index contributed by atoms with van der Waals surface area (Å²) in [6.45, 7) is 0.882. The summed E-state index contributed by atoms with van der Waals surface area (Å²) in [5, 5.41) is 9.77. The summed E-state index contributed by atoms with van der Waals surface area (Å²) in [5.74, 6) is 0.363. The first-order valence-electron chi connectivity index (χ1n) is 5.04. The molecule has 1 N–H and O–H groups in total. The third kappa shape index (κ3) is 1.95. The Morgan fingerprint density at radius 2 is 2.07 bits per heavy atom. The Hall–Kier alpha value is -1.54. The van der Waals surface area contributed by atoms with Crippen LogP contribution in [0, 0.1) is 0 Å². The molecular weight excluding hydrogens is 186 g/mol. The van der Waals surface area contributed by atoms with Crippen LogP contribution in [0.5, 0.6) is 5.75 Å². The summed E-state index contributed by atoms with van der Waals surface area (Å²) >= 11 is 0. The zero-order chi connectivity index (χ0) is 10.8. The van der Waals surface area contributed by atoms with Crippen LogP contribution < -0.4 is 0 Å². The van der Waals surface area contributed by atoms with Crippen molar-refractivity contribution in [3.8, 4) is 5.75 Å². The van der Waals surface area contributed by atoms with E-state index in [2.05, 4.69) is 11.0 Å². The Labute approximate surface area is 90.2 Å². The van der Waals surface area contributed by atoms with Crippen LogP contribution in [0.25, 0.3) is 11.6 Å². The van der Waals surface area contributed by atoms with E-state index in [4.69, 9.17) is 0 Å². The molecule has 0 radical (unpaired) electrons. The molecule has 0 unspecified atom stereocenters. The molecule has 0 saturated carbocycles. The number of hydrogen-bond donors (Lipinski definition) is 1. The van der Waals surface area contributed by atoms with Crippen molar-refractivity contribution in [3.63, 3.8) is 0 Å². The van der Waals surface area contributed by atoms with E-state index in [-0.39, 0.29) is 0 Å². The molecule has 2 rings (SSSR count). The van der Waals surface area contributed by atoms with Gasteiger partial charge in [0.25, 0.3) is 0 Å². The molecule has 1 aromatic rings. The summed E-state index contributed by atoms with van der Waals surface area (Å²) in [5.41, 5.74) is 3.16. The first kappa shape index (κ1) is 9.99. The van der Waals surface area contributed by atoms with Gasteiger partial charge in [0.15, 0.2) is 0 Å². The maximum atomic E-state index is 9.77. The highest BCUT2D eigenvalue weighted by atomic mass is 16.3. The number of fused-ring (bicyclic) bond motifs is 1. The van der Waals surface area contributed by atoms with Crippen LogP contribution in [-0.2, 0) is 0 Å². The van der Waals surface area contributed by atoms with E-state index < -0.39 is 0 Å². The van der Waals surface area contributed by atoms with Gasteiger partial charge in [-0.1, -0.05) is 30.4 Å². The van der Waals surface area contributed by atoms with Crippen molar-refractivity contribution in [2.45, 2.75) is 0 Å². The van der Waals surface area contributed by atoms with Gasteiger partial charge in [0, 0.05) is 12.1 Å². The van der Waals surface area contributed by atoms with Crippen molar-refractivity contribution in [2.24, 2.45) is 0 Å². The molecule has 0 amide bonds. The predicted octanol–water partition coefficient (Wildman–Crippen LogP) is 2.36. The van der Waals surface area contributed by atoms with Crippen molar-refractivity contribution in [3.05, 3.63) is 41.5 Å². The van der Waals surface area contributed by atoms with Crippen molar-refractivity contribution in [1.82, 2.24) is 4.90 Å². The molecule has 1 aliphatic carbocycles. The number of allylic oxidation sites excluding steroid dienone is 2. The molecule has 0 aliphatic heterocycles. The third-order valence-electron chi connectivity index (χ3n) is 2.48. The van der Waals surface area contributed by atoms with E-state index in [1.807, 2.05) is 38.4 Å². The van der Waals surface area contributed by atoms with E-state index >= 15 is 0 Å². The molecule has 15 heavy (non-hydrogen) atoms. The quantitative estimate of drug-likeness (QED) is 0.794. The number of rotatable bonds is 2.